The number of anilines is 3. The van der Waals surface area contributed by atoms with Gasteiger partial charge in [-0.2, -0.15) is 0 Å². The van der Waals surface area contributed by atoms with Crippen LogP contribution in [0.3, 0.4) is 0 Å². The summed E-state index contributed by atoms with van der Waals surface area (Å²) in [4.78, 5) is 2.45. The van der Waals surface area contributed by atoms with E-state index in [4.69, 9.17) is 4.42 Å². The maximum atomic E-state index is 6.84. The number of hydrogen-bond donors (Lipinski definition) is 0. The molecule has 0 saturated carbocycles. The van der Waals surface area contributed by atoms with Crippen molar-refractivity contribution in [3.63, 3.8) is 0 Å². The van der Waals surface area contributed by atoms with Gasteiger partial charge in [-0.1, -0.05) is 179 Å². The summed E-state index contributed by atoms with van der Waals surface area (Å²) in [6.07, 6.45) is 0. The van der Waals surface area contributed by atoms with Crippen molar-refractivity contribution in [3.8, 4) is 44.5 Å². The van der Waals surface area contributed by atoms with Crippen molar-refractivity contribution in [2.24, 2.45) is 0 Å². The summed E-state index contributed by atoms with van der Waals surface area (Å²) >= 11 is 0. The number of rotatable bonds is 5. The van der Waals surface area contributed by atoms with Crippen LogP contribution in [-0.4, -0.2) is 0 Å². The molecule has 1 aromatic heterocycles. The number of fused-ring (bicyclic) bond motifs is 13. The highest BCUT2D eigenvalue weighted by atomic mass is 16.3. The lowest BCUT2D eigenvalue weighted by molar-refractivity contribution is 0.660. The summed E-state index contributed by atoms with van der Waals surface area (Å²) in [6, 6.07) is 73.9. The maximum absolute atomic E-state index is 6.84. The van der Waals surface area contributed by atoms with Gasteiger partial charge in [-0.05, 0) is 137 Å². The second-order valence-electron chi connectivity index (χ2n) is 18.8. The van der Waals surface area contributed by atoms with Crippen LogP contribution in [0.4, 0.5) is 17.1 Å². The molecule has 1 heterocycles. The maximum Gasteiger partial charge on any atom is 0.159 e. The topological polar surface area (TPSA) is 16.4 Å². The quantitative estimate of drug-likeness (QED) is 0.172. The minimum Gasteiger partial charge on any atom is -0.454 e. The lowest BCUT2D eigenvalue weighted by Crippen LogP contribution is -2.18. The highest BCUT2D eigenvalue weighted by molar-refractivity contribution is 6.13. The minimum atomic E-state index is -0.260. The summed E-state index contributed by atoms with van der Waals surface area (Å²) in [5, 5.41) is 7.39. The molecule has 0 aliphatic heterocycles. The molecule has 0 bridgehead atoms. The Labute approximate surface area is 373 Å². The number of para-hydroxylation sites is 2. The lowest BCUT2D eigenvalue weighted by atomic mass is 9.80. The highest BCUT2D eigenvalue weighted by Gasteiger charge is 2.40. The van der Waals surface area contributed by atoms with Crippen LogP contribution in [0.15, 0.2) is 205 Å². The molecule has 0 unspecified atom stereocenters. The summed E-state index contributed by atoms with van der Waals surface area (Å²) in [5.74, 6) is 0. The molecule has 0 amide bonds. The predicted octanol–water partition coefficient (Wildman–Crippen LogP) is 17.3. The van der Waals surface area contributed by atoms with Gasteiger partial charge in [-0.3, -0.25) is 0 Å². The van der Waals surface area contributed by atoms with Crippen LogP contribution >= 0.6 is 0 Å². The van der Waals surface area contributed by atoms with E-state index < -0.39 is 0 Å². The molecule has 0 atom stereocenters. The zero-order valence-corrected chi connectivity index (χ0v) is 36.4. The third-order valence-electron chi connectivity index (χ3n) is 14.6. The van der Waals surface area contributed by atoms with E-state index in [2.05, 4.69) is 233 Å². The Balaban J connectivity index is 1.03. The molecule has 2 aliphatic rings. The zero-order valence-electron chi connectivity index (χ0n) is 36.4. The Kier molecular flexibility index (Phi) is 7.74. The smallest absolute Gasteiger partial charge is 0.159 e. The molecule has 0 spiro atoms. The van der Waals surface area contributed by atoms with Gasteiger partial charge >= 0.3 is 0 Å². The normalized spacial score (nSPS) is 14.2. The molecular weight excluding hydrogens is 775 g/mol. The lowest BCUT2D eigenvalue weighted by Gasteiger charge is -2.29. The Hall–Kier alpha value is -7.68. The van der Waals surface area contributed by atoms with E-state index in [1.165, 1.54) is 88.3 Å². The molecule has 10 aromatic carbocycles. The van der Waals surface area contributed by atoms with Crippen LogP contribution in [0.25, 0.3) is 88.0 Å². The van der Waals surface area contributed by atoms with Crippen LogP contribution in [0.1, 0.15) is 49.9 Å². The van der Waals surface area contributed by atoms with Gasteiger partial charge in [0.25, 0.3) is 0 Å². The number of benzene rings is 10. The average Bonchev–Trinajstić information content (AvgIpc) is 3.91. The molecule has 0 radical (unpaired) electrons. The van der Waals surface area contributed by atoms with Gasteiger partial charge in [-0.25, -0.2) is 0 Å². The second kappa shape index (κ2) is 13.4. The van der Waals surface area contributed by atoms with Gasteiger partial charge in [0, 0.05) is 33.0 Å². The fourth-order valence-corrected chi connectivity index (χ4v) is 11.5. The van der Waals surface area contributed by atoms with Crippen molar-refractivity contribution in [2.75, 3.05) is 4.90 Å². The van der Waals surface area contributed by atoms with Gasteiger partial charge in [0.2, 0.25) is 0 Å². The highest BCUT2D eigenvalue weighted by Crippen LogP contribution is 2.57. The first-order valence-corrected chi connectivity index (χ1v) is 22.5. The van der Waals surface area contributed by atoms with Crippen LogP contribution in [0, 0.1) is 0 Å². The molecule has 2 aliphatic carbocycles. The first-order valence-electron chi connectivity index (χ1n) is 22.5. The Morgan fingerprint density at radius 3 is 1.30 bits per heavy atom. The van der Waals surface area contributed by atoms with E-state index in [0.717, 1.165) is 39.0 Å². The summed E-state index contributed by atoms with van der Waals surface area (Å²) in [5.41, 5.74) is 20.2. The first kappa shape index (κ1) is 36.9. The number of hydrogen-bond acceptors (Lipinski definition) is 2. The Bertz CT molecular complexity index is 3530. The SMILES string of the molecule is CC1(C)c2cc(N(c3ccc4c(c3)C(C)(C)c3cc(-c5ccccc5)c5ccccc5c3-4)c3cccc4c3oc3ccccc34)ccc2-c2c1cc(-c1ccccc1)c1ccccc21. The van der Waals surface area contributed by atoms with Crippen molar-refractivity contribution in [3.05, 3.63) is 222 Å². The van der Waals surface area contributed by atoms with E-state index in [9.17, 15) is 0 Å². The van der Waals surface area contributed by atoms with Gasteiger partial charge in [0.15, 0.2) is 5.58 Å². The van der Waals surface area contributed by atoms with Gasteiger partial charge in [-0.15, -0.1) is 0 Å². The monoisotopic (exact) mass is 819 g/mol. The fraction of sp³-hybridized carbons (Fsp3) is 0.0968. The third-order valence-corrected chi connectivity index (χ3v) is 14.6. The number of furan rings is 1. The van der Waals surface area contributed by atoms with Gasteiger partial charge in [0.05, 0.1) is 5.69 Å². The largest absolute Gasteiger partial charge is 0.454 e. The van der Waals surface area contributed by atoms with E-state index in [1.54, 1.807) is 0 Å². The summed E-state index contributed by atoms with van der Waals surface area (Å²) in [7, 11) is 0. The van der Waals surface area contributed by atoms with E-state index in [1.807, 2.05) is 0 Å². The van der Waals surface area contributed by atoms with Gasteiger partial charge in [0.1, 0.15) is 5.58 Å². The van der Waals surface area contributed by atoms with E-state index in [0.29, 0.717) is 0 Å². The molecule has 304 valence electrons. The van der Waals surface area contributed by atoms with Gasteiger partial charge < -0.3 is 9.32 Å². The molecule has 0 N–H and O–H groups in total. The van der Waals surface area contributed by atoms with E-state index >= 15 is 0 Å². The van der Waals surface area contributed by atoms with E-state index in [-0.39, 0.29) is 10.8 Å². The van der Waals surface area contributed by atoms with Crippen molar-refractivity contribution in [2.45, 2.75) is 38.5 Å². The van der Waals surface area contributed by atoms with Crippen molar-refractivity contribution >= 4 is 60.5 Å². The third kappa shape index (κ3) is 5.14. The van der Waals surface area contributed by atoms with Crippen molar-refractivity contribution in [1.29, 1.82) is 0 Å². The summed E-state index contributed by atoms with van der Waals surface area (Å²) in [6.45, 7) is 9.61. The first-order chi connectivity index (χ1) is 31.3. The molecule has 0 fully saturated rings. The molecular formula is C62H45NO. The molecule has 11 aromatic rings. The molecule has 64 heavy (non-hydrogen) atoms. The molecule has 0 saturated heterocycles. The van der Waals surface area contributed by atoms with Crippen LogP contribution in [0.5, 0.6) is 0 Å². The minimum absolute atomic E-state index is 0.260. The van der Waals surface area contributed by atoms with Crippen molar-refractivity contribution < 1.29 is 4.42 Å². The van der Waals surface area contributed by atoms with Crippen LogP contribution in [0.2, 0.25) is 0 Å². The Morgan fingerprint density at radius 2 is 0.781 bits per heavy atom. The average molecular weight is 820 g/mol. The molecule has 2 nitrogen and oxygen atoms in total. The zero-order chi connectivity index (χ0) is 42.9. The second-order valence-corrected chi connectivity index (χ2v) is 18.8. The fourth-order valence-electron chi connectivity index (χ4n) is 11.5. The number of nitrogens with zero attached hydrogens (tertiary/aromatic N) is 1. The predicted molar refractivity (Wildman–Crippen MR) is 269 cm³/mol. The van der Waals surface area contributed by atoms with Crippen molar-refractivity contribution in [1.82, 2.24) is 0 Å². The Morgan fingerprint density at radius 1 is 0.344 bits per heavy atom. The standard InChI is InChI=1S/C62H45NO/c1-61(2)52-34-40(30-32-48(52)58-45-25-13-11-22-42(45)50(36-54(58)61)38-18-7-5-8-19-38)63(56-28-17-27-47-44-24-15-16-29-57(44)64-60(47)56)41-31-33-49-53(35-41)62(3,4)55-37-51(39-20-9-6-10-21-39)43-23-12-14-26-46(43)59(49)55/h5-37H,1-4H3. The summed E-state index contributed by atoms with van der Waals surface area (Å²) < 4.78 is 6.84. The van der Waals surface area contributed by atoms with Crippen LogP contribution < -0.4 is 4.90 Å². The van der Waals surface area contributed by atoms with Crippen LogP contribution in [-0.2, 0) is 10.8 Å². The molecule has 2 heteroatoms. The molecule has 13 rings (SSSR count).